The minimum Gasteiger partial charge on any atom is -0.374 e. The van der Waals surface area contributed by atoms with Gasteiger partial charge >= 0.3 is 0 Å². The summed E-state index contributed by atoms with van der Waals surface area (Å²) < 4.78 is 5.73. The van der Waals surface area contributed by atoms with E-state index in [4.69, 9.17) is 10.5 Å². The van der Waals surface area contributed by atoms with Crippen LogP contribution in [-0.4, -0.2) is 18.2 Å². The minimum absolute atomic E-state index is 0.0867. The van der Waals surface area contributed by atoms with Gasteiger partial charge in [-0.05, 0) is 63.1 Å². The van der Waals surface area contributed by atoms with Gasteiger partial charge in [-0.2, -0.15) is 0 Å². The normalized spacial score (nSPS) is 16.7. The summed E-state index contributed by atoms with van der Waals surface area (Å²) in [7, 11) is 0. The van der Waals surface area contributed by atoms with Crippen LogP contribution in [0.3, 0.4) is 0 Å². The highest BCUT2D eigenvalue weighted by Gasteiger charge is 2.15. The van der Waals surface area contributed by atoms with E-state index >= 15 is 0 Å². The summed E-state index contributed by atoms with van der Waals surface area (Å²) in [5.74, 6) is 0. The van der Waals surface area contributed by atoms with E-state index in [1.165, 1.54) is 36.0 Å². The molecule has 0 spiro atoms. The Bertz CT molecular complexity index is 406. The summed E-state index contributed by atoms with van der Waals surface area (Å²) in [6.45, 7) is 6.82. The van der Waals surface area contributed by atoms with Crippen LogP contribution in [0.2, 0.25) is 0 Å². The summed E-state index contributed by atoms with van der Waals surface area (Å²) in [5, 5.41) is 0. The molecule has 0 saturated heterocycles. The second kappa shape index (κ2) is 5.41. The first-order valence-corrected chi connectivity index (χ1v) is 6.94. The van der Waals surface area contributed by atoms with Gasteiger partial charge in [0, 0.05) is 6.04 Å². The van der Waals surface area contributed by atoms with Gasteiger partial charge in [0.25, 0.3) is 0 Å². The molecule has 0 aliphatic heterocycles. The van der Waals surface area contributed by atoms with E-state index in [9.17, 15) is 0 Å². The third kappa shape index (κ3) is 3.82. The van der Waals surface area contributed by atoms with Gasteiger partial charge in [-0.25, -0.2) is 0 Å². The molecule has 2 heteroatoms. The molecule has 2 rings (SSSR count). The molecule has 100 valence electrons. The lowest BCUT2D eigenvalue weighted by Crippen LogP contribution is -2.33. The van der Waals surface area contributed by atoms with Crippen molar-refractivity contribution in [3.63, 3.8) is 0 Å². The van der Waals surface area contributed by atoms with Gasteiger partial charge in [-0.15, -0.1) is 0 Å². The first-order valence-electron chi connectivity index (χ1n) is 6.94. The topological polar surface area (TPSA) is 35.2 Å². The number of ether oxygens (including phenoxy) is 1. The number of hydrogen-bond acceptors (Lipinski definition) is 2. The van der Waals surface area contributed by atoms with Gasteiger partial charge in [-0.1, -0.05) is 18.2 Å². The average molecular weight is 247 g/mol. The maximum Gasteiger partial charge on any atom is 0.0627 e. The lowest BCUT2D eigenvalue weighted by atomic mass is 10.0. The molecule has 1 aromatic rings. The monoisotopic (exact) mass is 247 g/mol. The number of hydrogen-bond donors (Lipinski definition) is 1. The first kappa shape index (κ1) is 13.6. The Labute approximate surface area is 111 Å². The molecule has 1 aliphatic rings. The van der Waals surface area contributed by atoms with Gasteiger partial charge in [0.15, 0.2) is 0 Å². The number of aryl methyl sites for hydroxylation is 2. The van der Waals surface area contributed by atoms with Crippen LogP contribution in [0.1, 0.15) is 43.9 Å². The third-order valence-corrected chi connectivity index (χ3v) is 3.39. The van der Waals surface area contributed by atoms with Crippen LogP contribution in [0.15, 0.2) is 18.2 Å². The maximum atomic E-state index is 6.13. The van der Waals surface area contributed by atoms with Crippen LogP contribution >= 0.6 is 0 Å². The quantitative estimate of drug-likeness (QED) is 0.888. The van der Waals surface area contributed by atoms with Crippen molar-refractivity contribution in [2.24, 2.45) is 5.73 Å². The van der Waals surface area contributed by atoms with Gasteiger partial charge in [0.05, 0.1) is 12.2 Å². The smallest absolute Gasteiger partial charge is 0.0627 e. The Kier molecular flexibility index (Phi) is 4.08. The average Bonchev–Trinajstić information content (AvgIpc) is 2.72. The van der Waals surface area contributed by atoms with Crippen molar-refractivity contribution in [3.05, 3.63) is 34.9 Å². The zero-order chi connectivity index (χ0) is 13.2. The fraction of sp³-hybridized carbons (Fsp3) is 0.625. The highest BCUT2D eigenvalue weighted by atomic mass is 16.5. The summed E-state index contributed by atoms with van der Waals surface area (Å²) >= 11 is 0. The van der Waals surface area contributed by atoms with E-state index in [-0.39, 0.29) is 11.6 Å². The highest BCUT2D eigenvalue weighted by Crippen LogP contribution is 2.23. The third-order valence-electron chi connectivity index (χ3n) is 3.39. The van der Waals surface area contributed by atoms with E-state index in [2.05, 4.69) is 39.0 Å². The molecular formula is C16H25NO. The second-order valence-electron chi connectivity index (χ2n) is 6.34. The molecular weight excluding hydrogens is 222 g/mol. The summed E-state index contributed by atoms with van der Waals surface area (Å²) in [4.78, 5) is 0. The van der Waals surface area contributed by atoms with Crippen molar-refractivity contribution in [1.82, 2.24) is 0 Å². The van der Waals surface area contributed by atoms with E-state index in [0.29, 0.717) is 6.61 Å². The van der Waals surface area contributed by atoms with Crippen LogP contribution in [0.4, 0.5) is 0 Å². The fourth-order valence-electron chi connectivity index (χ4n) is 2.47. The van der Waals surface area contributed by atoms with Crippen molar-refractivity contribution in [2.45, 2.75) is 58.1 Å². The number of benzene rings is 1. The number of rotatable bonds is 4. The molecule has 0 fully saturated rings. The fourth-order valence-corrected chi connectivity index (χ4v) is 2.47. The Hall–Kier alpha value is -0.860. The van der Waals surface area contributed by atoms with Crippen molar-refractivity contribution in [3.8, 4) is 0 Å². The van der Waals surface area contributed by atoms with E-state index < -0.39 is 0 Å². The van der Waals surface area contributed by atoms with Crippen LogP contribution in [0.5, 0.6) is 0 Å². The van der Waals surface area contributed by atoms with Gasteiger partial charge < -0.3 is 10.5 Å². The molecule has 0 bridgehead atoms. The van der Waals surface area contributed by atoms with Crippen LogP contribution in [0, 0.1) is 0 Å². The molecule has 2 N–H and O–H groups in total. The van der Waals surface area contributed by atoms with E-state index in [0.717, 1.165) is 6.42 Å². The molecule has 0 heterocycles. The van der Waals surface area contributed by atoms with Crippen molar-refractivity contribution in [2.75, 3.05) is 6.61 Å². The SMILES string of the molecule is CC(C)(C)OCC(N)Cc1ccc2c(c1)CCC2. The maximum absolute atomic E-state index is 6.13. The zero-order valence-corrected chi connectivity index (χ0v) is 11.8. The highest BCUT2D eigenvalue weighted by molar-refractivity contribution is 5.35. The Morgan fingerprint density at radius 2 is 1.94 bits per heavy atom. The summed E-state index contributed by atoms with van der Waals surface area (Å²) in [6, 6.07) is 6.92. The predicted octanol–water partition coefficient (Wildman–Crippen LogP) is 2.86. The number of fused-ring (bicyclic) bond motifs is 1. The molecule has 0 radical (unpaired) electrons. The zero-order valence-electron chi connectivity index (χ0n) is 11.8. The molecule has 1 atom stereocenters. The molecule has 0 aromatic heterocycles. The van der Waals surface area contributed by atoms with Crippen LogP contribution in [-0.2, 0) is 24.0 Å². The Morgan fingerprint density at radius 3 is 2.67 bits per heavy atom. The number of nitrogens with two attached hydrogens (primary N) is 1. The molecule has 1 aliphatic carbocycles. The van der Waals surface area contributed by atoms with E-state index in [1.807, 2.05) is 0 Å². The molecule has 1 unspecified atom stereocenters. The summed E-state index contributed by atoms with van der Waals surface area (Å²) in [5.41, 5.74) is 10.4. The van der Waals surface area contributed by atoms with Crippen LogP contribution < -0.4 is 5.73 Å². The minimum atomic E-state index is -0.102. The van der Waals surface area contributed by atoms with Gasteiger partial charge in [-0.3, -0.25) is 0 Å². The molecule has 1 aromatic carbocycles. The van der Waals surface area contributed by atoms with Crippen molar-refractivity contribution >= 4 is 0 Å². The lowest BCUT2D eigenvalue weighted by Gasteiger charge is -2.22. The Morgan fingerprint density at radius 1 is 1.22 bits per heavy atom. The second-order valence-corrected chi connectivity index (χ2v) is 6.34. The molecule has 2 nitrogen and oxygen atoms in total. The van der Waals surface area contributed by atoms with Crippen molar-refractivity contribution in [1.29, 1.82) is 0 Å². The van der Waals surface area contributed by atoms with Crippen LogP contribution in [0.25, 0.3) is 0 Å². The largest absolute Gasteiger partial charge is 0.374 e. The standard InChI is InChI=1S/C16H25NO/c1-16(2,3)18-11-15(17)10-12-7-8-13-5-4-6-14(13)9-12/h7-9,15H,4-6,10-11,17H2,1-3H3. The summed E-state index contributed by atoms with van der Waals surface area (Å²) in [6.07, 6.45) is 4.69. The molecule has 0 saturated carbocycles. The van der Waals surface area contributed by atoms with Gasteiger partial charge in [0.2, 0.25) is 0 Å². The first-order chi connectivity index (χ1) is 8.44. The molecule has 18 heavy (non-hydrogen) atoms. The van der Waals surface area contributed by atoms with Crippen molar-refractivity contribution < 1.29 is 4.74 Å². The van der Waals surface area contributed by atoms with E-state index in [1.54, 1.807) is 0 Å². The van der Waals surface area contributed by atoms with Gasteiger partial charge in [0.1, 0.15) is 0 Å². The predicted molar refractivity (Wildman–Crippen MR) is 75.9 cm³/mol. The lowest BCUT2D eigenvalue weighted by molar-refractivity contribution is -0.00983. The molecule has 0 amide bonds. The Balaban J connectivity index is 1.89.